The molecule has 0 radical (unpaired) electrons. The van der Waals surface area contributed by atoms with Gasteiger partial charge in [0.15, 0.2) is 0 Å². The van der Waals surface area contributed by atoms with Crippen LogP contribution in [0.5, 0.6) is 0 Å². The molecule has 0 unspecified atom stereocenters. The van der Waals surface area contributed by atoms with Crippen LogP contribution in [0.25, 0.3) is 0 Å². The molecular weight excluding hydrogens is 285 g/mol. The molecule has 2 amide bonds. The molecule has 0 aromatic carbocycles. The maximum absolute atomic E-state index is 13.0. The fraction of sp³-hybridized carbons (Fsp3) is 0.929. The van der Waals surface area contributed by atoms with E-state index in [0.29, 0.717) is 19.5 Å². The largest absolute Gasteiger partial charge is 0.408 e. The molecule has 7 heteroatoms. The van der Waals surface area contributed by atoms with Gasteiger partial charge in [0, 0.05) is 19.7 Å². The lowest BCUT2D eigenvalue weighted by atomic mass is 9.88. The van der Waals surface area contributed by atoms with E-state index < -0.39 is 23.7 Å². The Bertz CT molecular complexity index is 353. The first-order valence-corrected chi connectivity index (χ1v) is 7.26. The van der Waals surface area contributed by atoms with Gasteiger partial charge >= 0.3 is 12.2 Å². The molecule has 1 fully saturated rings. The first-order valence-electron chi connectivity index (χ1n) is 7.26. The van der Waals surface area contributed by atoms with Crippen LogP contribution in [0.2, 0.25) is 0 Å². The summed E-state index contributed by atoms with van der Waals surface area (Å²) in [4.78, 5) is 13.4. The lowest BCUT2D eigenvalue weighted by Crippen LogP contribution is -2.54. The van der Waals surface area contributed by atoms with E-state index in [1.807, 2.05) is 0 Å². The van der Waals surface area contributed by atoms with Crippen molar-refractivity contribution >= 4 is 6.03 Å². The molecule has 124 valence electrons. The molecule has 1 heterocycles. The third-order valence-electron chi connectivity index (χ3n) is 3.57. The molecule has 1 aliphatic rings. The number of nitrogens with one attached hydrogen (secondary N) is 1. The number of aliphatic hydroxyl groups excluding tert-OH is 1. The summed E-state index contributed by atoms with van der Waals surface area (Å²) >= 11 is 0. The molecular formula is C14H25F3N2O2. The number of rotatable bonds is 3. The number of carbonyl (C=O) groups is 1. The number of carbonyl (C=O) groups excluding carboxylic acids is 1. The van der Waals surface area contributed by atoms with Gasteiger partial charge in [-0.3, -0.25) is 0 Å². The number of alkyl halides is 3. The number of hydrogen-bond donors (Lipinski definition) is 2. The monoisotopic (exact) mass is 310 g/mol. The number of likely N-dealkylation sites (tertiary alicyclic amines) is 1. The Balaban J connectivity index is 2.67. The molecule has 2 N–H and O–H groups in total. The Hall–Kier alpha value is -0.980. The minimum atomic E-state index is -4.46. The summed E-state index contributed by atoms with van der Waals surface area (Å²) < 4.78 is 39.1. The smallest absolute Gasteiger partial charge is 0.396 e. The zero-order chi connectivity index (χ0) is 16.3. The molecule has 0 bridgehead atoms. The average molecular weight is 310 g/mol. The van der Waals surface area contributed by atoms with E-state index in [9.17, 15) is 18.0 Å². The highest BCUT2D eigenvalue weighted by Gasteiger charge is 2.43. The van der Waals surface area contributed by atoms with Crippen molar-refractivity contribution in [3.05, 3.63) is 0 Å². The maximum atomic E-state index is 13.0. The molecule has 0 aromatic heterocycles. The Morgan fingerprint density at radius 1 is 1.38 bits per heavy atom. The lowest BCUT2D eigenvalue weighted by Gasteiger charge is -2.35. The third kappa shape index (κ3) is 6.11. The summed E-state index contributed by atoms with van der Waals surface area (Å²) in [5.41, 5.74) is -0.539. The van der Waals surface area contributed by atoms with Gasteiger partial charge in [0.25, 0.3) is 0 Å². The minimum Gasteiger partial charge on any atom is -0.396 e. The zero-order valence-electron chi connectivity index (χ0n) is 12.8. The van der Waals surface area contributed by atoms with Crippen molar-refractivity contribution in [2.75, 3.05) is 19.7 Å². The van der Waals surface area contributed by atoms with Crippen molar-refractivity contribution < 1.29 is 23.1 Å². The van der Waals surface area contributed by atoms with Crippen LogP contribution in [-0.4, -0.2) is 48.0 Å². The second-order valence-corrected chi connectivity index (χ2v) is 6.95. The van der Waals surface area contributed by atoms with Gasteiger partial charge in [-0.1, -0.05) is 20.8 Å². The number of hydrogen-bond acceptors (Lipinski definition) is 2. The van der Waals surface area contributed by atoms with Crippen molar-refractivity contribution in [1.82, 2.24) is 10.2 Å². The van der Waals surface area contributed by atoms with Gasteiger partial charge in [0.2, 0.25) is 0 Å². The summed E-state index contributed by atoms with van der Waals surface area (Å²) in [6.45, 7) is 5.82. The van der Waals surface area contributed by atoms with Gasteiger partial charge in [-0.05, 0) is 30.6 Å². The van der Waals surface area contributed by atoms with Crippen LogP contribution in [0.1, 0.15) is 40.0 Å². The average Bonchev–Trinajstić information content (AvgIpc) is 2.35. The highest BCUT2D eigenvalue weighted by atomic mass is 19.4. The van der Waals surface area contributed by atoms with Crippen LogP contribution in [0.3, 0.4) is 0 Å². The SMILES string of the molecule is CC(C)(C)C[C@H](NC(=O)N1CCC[C@H](CO)C1)C(F)(F)F. The fourth-order valence-corrected chi connectivity index (χ4v) is 2.50. The summed E-state index contributed by atoms with van der Waals surface area (Å²) in [6, 6.07) is -2.54. The van der Waals surface area contributed by atoms with Crippen molar-refractivity contribution in [2.24, 2.45) is 11.3 Å². The predicted molar refractivity (Wildman–Crippen MR) is 73.8 cm³/mol. The Kier molecular flexibility index (Phi) is 5.90. The zero-order valence-corrected chi connectivity index (χ0v) is 12.8. The van der Waals surface area contributed by atoms with E-state index in [-0.39, 0.29) is 18.9 Å². The molecule has 0 aliphatic carbocycles. The number of amides is 2. The van der Waals surface area contributed by atoms with E-state index in [4.69, 9.17) is 5.11 Å². The summed E-state index contributed by atoms with van der Waals surface area (Å²) in [5.74, 6) is -0.0450. The highest BCUT2D eigenvalue weighted by Crippen LogP contribution is 2.30. The summed E-state index contributed by atoms with van der Waals surface area (Å²) in [6.07, 6.45) is -3.13. The minimum absolute atomic E-state index is 0.0450. The Morgan fingerprint density at radius 3 is 2.48 bits per heavy atom. The molecule has 21 heavy (non-hydrogen) atoms. The van der Waals surface area contributed by atoms with Crippen molar-refractivity contribution in [2.45, 2.75) is 52.3 Å². The van der Waals surface area contributed by atoms with Crippen LogP contribution in [-0.2, 0) is 0 Å². The normalized spacial score (nSPS) is 22.0. The van der Waals surface area contributed by atoms with Gasteiger partial charge in [-0.25, -0.2) is 4.79 Å². The molecule has 0 spiro atoms. The van der Waals surface area contributed by atoms with Gasteiger partial charge in [-0.15, -0.1) is 0 Å². The number of aliphatic hydroxyl groups is 1. The van der Waals surface area contributed by atoms with Crippen LogP contribution < -0.4 is 5.32 Å². The van der Waals surface area contributed by atoms with Crippen LogP contribution in [0, 0.1) is 11.3 Å². The van der Waals surface area contributed by atoms with Gasteiger partial charge in [-0.2, -0.15) is 13.2 Å². The van der Waals surface area contributed by atoms with E-state index in [1.165, 1.54) is 4.90 Å². The Labute approximate surface area is 123 Å². The predicted octanol–water partition coefficient (Wildman–Crippen LogP) is 2.77. The molecule has 1 rings (SSSR count). The molecule has 0 saturated carbocycles. The summed E-state index contributed by atoms with van der Waals surface area (Å²) in [5, 5.41) is 11.2. The quantitative estimate of drug-likeness (QED) is 0.842. The number of piperidine rings is 1. The first-order chi connectivity index (χ1) is 9.53. The summed E-state index contributed by atoms with van der Waals surface area (Å²) in [7, 11) is 0. The van der Waals surface area contributed by atoms with Crippen LogP contribution in [0.4, 0.5) is 18.0 Å². The molecule has 1 saturated heterocycles. The van der Waals surface area contributed by atoms with Crippen LogP contribution in [0.15, 0.2) is 0 Å². The second-order valence-electron chi connectivity index (χ2n) is 6.95. The second kappa shape index (κ2) is 6.85. The fourth-order valence-electron chi connectivity index (χ4n) is 2.50. The van der Waals surface area contributed by atoms with Gasteiger partial charge in [0.1, 0.15) is 6.04 Å². The third-order valence-corrected chi connectivity index (χ3v) is 3.57. The van der Waals surface area contributed by atoms with E-state index in [1.54, 1.807) is 20.8 Å². The Morgan fingerprint density at radius 2 is 2.00 bits per heavy atom. The van der Waals surface area contributed by atoms with E-state index in [2.05, 4.69) is 5.32 Å². The van der Waals surface area contributed by atoms with Crippen molar-refractivity contribution in [1.29, 1.82) is 0 Å². The number of halogens is 3. The number of urea groups is 1. The lowest BCUT2D eigenvalue weighted by molar-refractivity contribution is -0.159. The van der Waals surface area contributed by atoms with E-state index >= 15 is 0 Å². The van der Waals surface area contributed by atoms with Gasteiger partial charge in [0.05, 0.1) is 0 Å². The van der Waals surface area contributed by atoms with Gasteiger partial charge < -0.3 is 15.3 Å². The highest BCUT2D eigenvalue weighted by molar-refractivity contribution is 5.74. The van der Waals surface area contributed by atoms with E-state index in [0.717, 1.165) is 6.42 Å². The molecule has 2 atom stereocenters. The molecule has 0 aromatic rings. The molecule has 1 aliphatic heterocycles. The molecule has 4 nitrogen and oxygen atoms in total. The standard InChI is InChI=1S/C14H25F3N2O2/c1-13(2,3)7-11(14(15,16)17)18-12(21)19-6-4-5-10(8-19)9-20/h10-11,20H,4-9H2,1-3H3,(H,18,21)/t10-,11-/m0/s1. The van der Waals surface area contributed by atoms with Crippen molar-refractivity contribution in [3.63, 3.8) is 0 Å². The van der Waals surface area contributed by atoms with Crippen molar-refractivity contribution in [3.8, 4) is 0 Å². The number of nitrogens with zero attached hydrogens (tertiary/aromatic N) is 1. The van der Waals surface area contributed by atoms with Crippen LogP contribution >= 0.6 is 0 Å². The topological polar surface area (TPSA) is 52.6 Å². The maximum Gasteiger partial charge on any atom is 0.408 e. The first kappa shape index (κ1) is 18.1.